The van der Waals surface area contributed by atoms with Crippen molar-refractivity contribution in [3.63, 3.8) is 0 Å². The second-order valence-corrected chi connectivity index (χ2v) is 7.15. The summed E-state index contributed by atoms with van der Waals surface area (Å²) in [6.07, 6.45) is 2.01. The van der Waals surface area contributed by atoms with Crippen molar-refractivity contribution >= 4 is 32.3 Å². The van der Waals surface area contributed by atoms with E-state index in [1.807, 2.05) is 0 Å². The van der Waals surface area contributed by atoms with Crippen molar-refractivity contribution in [2.24, 2.45) is 0 Å². The Morgan fingerprint density at radius 2 is 1.35 bits per heavy atom. The molecule has 0 N–H and O–H groups in total. The minimum atomic E-state index is 0.739. The van der Waals surface area contributed by atoms with Crippen LogP contribution in [0.25, 0.3) is 32.3 Å². The normalized spacial score (nSPS) is 11.7. The first-order valence-corrected chi connectivity index (χ1v) is 9.63. The van der Waals surface area contributed by atoms with Crippen molar-refractivity contribution in [2.75, 3.05) is 13.2 Å². The monoisotopic (exact) mass is 346 g/mol. The molecular weight excluding hydrogens is 320 g/mol. The molecular formula is C24H26O2. The molecule has 0 atom stereocenters. The van der Waals surface area contributed by atoms with E-state index in [9.17, 15) is 0 Å². The maximum absolute atomic E-state index is 6.17. The van der Waals surface area contributed by atoms with E-state index in [0.717, 1.165) is 37.6 Å². The number of benzene rings is 4. The molecule has 4 aromatic carbocycles. The third kappa shape index (κ3) is 2.56. The minimum Gasteiger partial charge on any atom is -0.493 e. The molecule has 0 saturated carbocycles. The van der Waals surface area contributed by atoms with E-state index in [0.29, 0.717) is 0 Å². The van der Waals surface area contributed by atoms with Gasteiger partial charge >= 0.3 is 0 Å². The van der Waals surface area contributed by atoms with Gasteiger partial charge in [-0.25, -0.2) is 0 Å². The van der Waals surface area contributed by atoms with Crippen LogP contribution in [0.4, 0.5) is 0 Å². The zero-order valence-electron chi connectivity index (χ0n) is 16.1. The van der Waals surface area contributed by atoms with Gasteiger partial charge in [-0.15, -0.1) is 0 Å². The van der Waals surface area contributed by atoms with Crippen molar-refractivity contribution in [1.82, 2.24) is 0 Å². The first kappa shape index (κ1) is 17.0. The van der Waals surface area contributed by atoms with Crippen molar-refractivity contribution < 1.29 is 9.47 Å². The molecule has 0 fully saturated rings. The largest absolute Gasteiger partial charge is 0.493 e. The highest BCUT2D eigenvalue weighted by Gasteiger charge is 2.18. The van der Waals surface area contributed by atoms with E-state index in [-0.39, 0.29) is 0 Å². The molecule has 0 aliphatic heterocycles. The molecule has 0 saturated heterocycles. The van der Waals surface area contributed by atoms with E-state index in [4.69, 9.17) is 9.47 Å². The Balaban J connectivity index is 2.15. The summed E-state index contributed by atoms with van der Waals surface area (Å²) < 4.78 is 12.3. The molecule has 4 aromatic rings. The Hall–Kier alpha value is -2.48. The zero-order valence-corrected chi connectivity index (χ0v) is 16.1. The lowest BCUT2D eigenvalue weighted by molar-refractivity contribution is 0.321. The average Bonchev–Trinajstić information content (AvgIpc) is 2.65. The van der Waals surface area contributed by atoms with E-state index >= 15 is 0 Å². The molecule has 0 aromatic heterocycles. The maximum atomic E-state index is 6.17. The quantitative estimate of drug-likeness (QED) is 0.358. The molecule has 4 rings (SSSR count). The van der Waals surface area contributed by atoms with Crippen LogP contribution in [0.5, 0.6) is 11.5 Å². The number of aryl methyl sites for hydroxylation is 2. The maximum Gasteiger partial charge on any atom is 0.128 e. The van der Waals surface area contributed by atoms with Gasteiger partial charge in [-0.3, -0.25) is 0 Å². The van der Waals surface area contributed by atoms with Crippen LogP contribution in [-0.4, -0.2) is 13.2 Å². The molecule has 0 bridgehead atoms. The highest BCUT2D eigenvalue weighted by molar-refractivity contribution is 6.27. The molecule has 2 heteroatoms. The van der Waals surface area contributed by atoms with Crippen LogP contribution in [0.2, 0.25) is 0 Å². The smallest absolute Gasteiger partial charge is 0.128 e. The number of hydrogen-bond donors (Lipinski definition) is 0. The Morgan fingerprint density at radius 1 is 0.654 bits per heavy atom. The fourth-order valence-electron chi connectivity index (χ4n) is 3.89. The summed E-state index contributed by atoms with van der Waals surface area (Å²) in [6, 6.07) is 13.2. The highest BCUT2D eigenvalue weighted by Crippen LogP contribution is 2.45. The van der Waals surface area contributed by atoms with Crippen molar-refractivity contribution in [1.29, 1.82) is 0 Å². The van der Waals surface area contributed by atoms with Gasteiger partial charge in [0.1, 0.15) is 11.5 Å². The molecule has 2 nitrogen and oxygen atoms in total. The third-order valence-corrected chi connectivity index (χ3v) is 5.16. The lowest BCUT2D eigenvalue weighted by atomic mass is 9.89. The molecule has 134 valence electrons. The van der Waals surface area contributed by atoms with Crippen LogP contribution in [0.15, 0.2) is 36.4 Å². The molecule has 0 aliphatic carbocycles. The molecule has 0 amide bonds. The Kier molecular flexibility index (Phi) is 4.36. The lowest BCUT2D eigenvalue weighted by Crippen LogP contribution is -2.00. The van der Waals surface area contributed by atoms with Crippen LogP contribution < -0.4 is 9.47 Å². The predicted molar refractivity (Wildman–Crippen MR) is 111 cm³/mol. The van der Waals surface area contributed by atoms with E-state index in [2.05, 4.69) is 64.1 Å². The van der Waals surface area contributed by atoms with Gasteiger partial charge in [-0.05, 0) is 60.7 Å². The van der Waals surface area contributed by atoms with Gasteiger partial charge in [-0.1, -0.05) is 38.1 Å². The standard InChI is InChI=1S/C24H26O2/c1-5-11-25-20-13-17-9-7-16(4)22-21(26-12-6-2)14-19-15(3)8-10-18(20)24(19)23(17)22/h7-10,13-14H,5-6,11-12H2,1-4H3. The Bertz CT molecular complexity index is 1080. The summed E-state index contributed by atoms with van der Waals surface area (Å²) >= 11 is 0. The first-order chi connectivity index (χ1) is 12.7. The minimum absolute atomic E-state index is 0.739. The average molecular weight is 346 g/mol. The molecule has 0 aliphatic rings. The fourth-order valence-corrected chi connectivity index (χ4v) is 3.89. The van der Waals surface area contributed by atoms with E-state index < -0.39 is 0 Å². The van der Waals surface area contributed by atoms with Crippen molar-refractivity contribution in [2.45, 2.75) is 40.5 Å². The number of hydrogen-bond acceptors (Lipinski definition) is 2. The second kappa shape index (κ2) is 6.68. The van der Waals surface area contributed by atoms with Crippen LogP contribution in [-0.2, 0) is 0 Å². The summed E-state index contributed by atoms with van der Waals surface area (Å²) in [5.74, 6) is 1.98. The van der Waals surface area contributed by atoms with Crippen LogP contribution in [0.1, 0.15) is 37.8 Å². The van der Waals surface area contributed by atoms with Crippen LogP contribution >= 0.6 is 0 Å². The summed E-state index contributed by atoms with van der Waals surface area (Å²) in [6.45, 7) is 10.1. The third-order valence-electron chi connectivity index (χ3n) is 5.16. The van der Waals surface area contributed by atoms with Crippen molar-refractivity contribution in [3.05, 3.63) is 47.5 Å². The predicted octanol–water partition coefficient (Wildman–Crippen LogP) is 6.78. The summed E-state index contributed by atoms with van der Waals surface area (Å²) in [5, 5.41) is 7.53. The SMILES string of the molecule is CCCOc1cc2ccc(C)c3c(OCCC)cc4c(C)ccc1c4c23. The van der Waals surface area contributed by atoms with Gasteiger partial charge in [0.25, 0.3) is 0 Å². The molecule has 0 heterocycles. The Labute approximate surface area is 155 Å². The van der Waals surface area contributed by atoms with Crippen LogP contribution in [0, 0.1) is 13.8 Å². The summed E-state index contributed by atoms with van der Waals surface area (Å²) in [5.41, 5.74) is 2.53. The first-order valence-electron chi connectivity index (χ1n) is 9.63. The lowest BCUT2D eigenvalue weighted by Gasteiger charge is -2.20. The second-order valence-electron chi connectivity index (χ2n) is 7.15. The zero-order chi connectivity index (χ0) is 18.3. The summed E-state index contributed by atoms with van der Waals surface area (Å²) in [7, 11) is 0. The van der Waals surface area contributed by atoms with E-state index in [1.54, 1.807) is 0 Å². The molecule has 0 radical (unpaired) electrons. The number of rotatable bonds is 6. The van der Waals surface area contributed by atoms with Gasteiger partial charge in [-0.2, -0.15) is 0 Å². The highest BCUT2D eigenvalue weighted by atomic mass is 16.5. The molecule has 0 spiro atoms. The Morgan fingerprint density at radius 3 is 2.08 bits per heavy atom. The molecule has 26 heavy (non-hydrogen) atoms. The number of ether oxygens (including phenoxy) is 2. The van der Waals surface area contributed by atoms with E-state index in [1.165, 1.54) is 43.4 Å². The van der Waals surface area contributed by atoms with Gasteiger partial charge < -0.3 is 9.47 Å². The molecule has 0 unspecified atom stereocenters. The van der Waals surface area contributed by atoms with Crippen molar-refractivity contribution in [3.8, 4) is 11.5 Å². The topological polar surface area (TPSA) is 18.5 Å². The van der Waals surface area contributed by atoms with Gasteiger partial charge in [0.15, 0.2) is 0 Å². The fraction of sp³-hybridized carbons (Fsp3) is 0.333. The van der Waals surface area contributed by atoms with Gasteiger partial charge in [0, 0.05) is 21.5 Å². The van der Waals surface area contributed by atoms with Gasteiger partial charge in [0.05, 0.1) is 13.2 Å². The van der Waals surface area contributed by atoms with Gasteiger partial charge in [0.2, 0.25) is 0 Å². The summed E-state index contributed by atoms with van der Waals surface area (Å²) in [4.78, 5) is 0. The van der Waals surface area contributed by atoms with Crippen LogP contribution in [0.3, 0.4) is 0 Å².